The molecule has 17 heteroatoms. The van der Waals surface area contributed by atoms with E-state index in [1.165, 1.54) is 0 Å². The van der Waals surface area contributed by atoms with Crippen molar-refractivity contribution in [2.75, 3.05) is 19.8 Å². The largest absolute Gasteiger partial charge is 0.397 e. The molecule has 29 heavy (non-hydrogen) atoms. The molecule has 0 aromatic rings. The van der Waals surface area contributed by atoms with Crippen molar-refractivity contribution in [2.45, 2.75) is 49.1 Å². The Morgan fingerprint density at radius 3 is 2.21 bits per heavy atom. The van der Waals surface area contributed by atoms with Gasteiger partial charge in [0.15, 0.2) is 0 Å². The summed E-state index contributed by atoms with van der Waals surface area (Å²) in [6.07, 6.45) is -9.14. The lowest BCUT2D eigenvalue weighted by Gasteiger charge is -2.39. The van der Waals surface area contributed by atoms with Crippen LogP contribution < -0.4 is 5.32 Å². The van der Waals surface area contributed by atoms with Gasteiger partial charge in [0.1, 0.15) is 30.5 Å². The normalized spacial score (nSPS) is 36.5. The van der Waals surface area contributed by atoms with Crippen molar-refractivity contribution < 1.29 is 63.9 Å². The van der Waals surface area contributed by atoms with Gasteiger partial charge in [-0.3, -0.25) is 13.9 Å². The Kier molecular flexibility index (Phi) is 7.90. The smallest absolute Gasteiger partial charge is 0.390 e. The van der Waals surface area contributed by atoms with Gasteiger partial charge in [0, 0.05) is 6.42 Å². The molecule has 170 valence electrons. The van der Waals surface area contributed by atoms with Crippen LogP contribution in [0.4, 0.5) is 0 Å². The molecule has 0 aliphatic carbocycles. The van der Waals surface area contributed by atoms with E-state index < -0.39 is 82.6 Å². The summed E-state index contributed by atoms with van der Waals surface area (Å²) in [5.74, 6) is -0.853. The molecule has 4 unspecified atom stereocenters. The fraction of sp³-hybridized carbons (Fsp3) is 0.917. The van der Waals surface area contributed by atoms with Crippen LogP contribution in [0.2, 0.25) is 0 Å². The molecule has 0 radical (unpaired) electrons. The van der Waals surface area contributed by atoms with Crippen LogP contribution in [-0.4, -0.2) is 110 Å². The standard InChI is InChI=1S/C12H21NO14S2/c14-6-1-8(25-3-7(6)15)12(17)13-5-2-24-9(4-26-28(18,19)20)10(16)11(5)27-29(21,22)23/h5-11,14-16H,1-4H2,(H,13,17)(H,18,19,20)(H,21,22,23)/t5?,6-,7?,8?,9?,10-,11+/m0/s1. The van der Waals surface area contributed by atoms with Gasteiger partial charge in [-0.1, -0.05) is 0 Å². The number of rotatable bonds is 7. The number of hydrogen-bond donors (Lipinski definition) is 6. The molecule has 0 aromatic carbocycles. The molecule has 2 aliphatic heterocycles. The number of nitrogens with one attached hydrogen (secondary N) is 1. The molecular formula is C12H21NO14S2. The summed E-state index contributed by atoms with van der Waals surface area (Å²) >= 11 is 0. The maximum atomic E-state index is 12.3. The van der Waals surface area contributed by atoms with E-state index in [0.29, 0.717) is 0 Å². The lowest BCUT2D eigenvalue weighted by molar-refractivity contribution is -0.167. The Morgan fingerprint density at radius 1 is 1.00 bits per heavy atom. The predicted molar refractivity (Wildman–Crippen MR) is 88.0 cm³/mol. The molecule has 7 atom stereocenters. The van der Waals surface area contributed by atoms with Crippen molar-refractivity contribution >= 4 is 26.7 Å². The summed E-state index contributed by atoms with van der Waals surface area (Å²) in [5, 5.41) is 31.5. The number of amides is 1. The van der Waals surface area contributed by atoms with Crippen LogP contribution in [0.3, 0.4) is 0 Å². The minimum atomic E-state index is -5.11. The first-order chi connectivity index (χ1) is 13.3. The molecule has 0 aromatic heterocycles. The zero-order valence-electron chi connectivity index (χ0n) is 14.6. The first-order valence-electron chi connectivity index (χ1n) is 8.12. The van der Waals surface area contributed by atoms with E-state index in [0.717, 1.165) is 0 Å². The van der Waals surface area contributed by atoms with Crippen LogP contribution in [0, 0.1) is 0 Å². The quantitative estimate of drug-likeness (QED) is 0.195. The highest BCUT2D eigenvalue weighted by atomic mass is 32.3. The number of carbonyl (C=O) groups excluding carboxylic acids is 1. The van der Waals surface area contributed by atoms with E-state index in [-0.39, 0.29) is 13.0 Å². The average Bonchev–Trinajstić information content (AvgIpc) is 2.58. The number of carbonyl (C=O) groups is 1. The molecule has 2 fully saturated rings. The summed E-state index contributed by atoms with van der Waals surface area (Å²) in [5.41, 5.74) is 0. The highest BCUT2D eigenvalue weighted by Gasteiger charge is 2.45. The van der Waals surface area contributed by atoms with Gasteiger partial charge in [-0.05, 0) is 0 Å². The second-order valence-electron chi connectivity index (χ2n) is 6.37. The molecule has 2 saturated heterocycles. The predicted octanol–water partition coefficient (Wildman–Crippen LogP) is -4.25. The summed E-state index contributed by atoms with van der Waals surface area (Å²) < 4.78 is 79.6. The molecule has 1 amide bonds. The molecular weight excluding hydrogens is 446 g/mol. The molecule has 2 heterocycles. The molecule has 6 N–H and O–H groups in total. The molecule has 0 saturated carbocycles. The van der Waals surface area contributed by atoms with Gasteiger partial charge in [0.2, 0.25) is 5.91 Å². The van der Waals surface area contributed by atoms with E-state index in [4.69, 9.17) is 18.6 Å². The van der Waals surface area contributed by atoms with Gasteiger partial charge in [-0.25, -0.2) is 8.37 Å². The van der Waals surface area contributed by atoms with Crippen LogP contribution in [-0.2, 0) is 43.4 Å². The number of hydrogen-bond acceptors (Lipinski definition) is 12. The zero-order valence-corrected chi connectivity index (χ0v) is 16.2. The first-order valence-corrected chi connectivity index (χ1v) is 10.8. The zero-order chi connectivity index (χ0) is 22.0. The van der Waals surface area contributed by atoms with E-state index >= 15 is 0 Å². The Morgan fingerprint density at radius 2 is 1.66 bits per heavy atom. The van der Waals surface area contributed by atoms with Gasteiger partial charge in [-0.15, -0.1) is 0 Å². The first kappa shape index (κ1) is 24.3. The third-order valence-corrected chi connectivity index (χ3v) is 5.11. The Balaban J connectivity index is 2.08. The van der Waals surface area contributed by atoms with E-state index in [1.807, 2.05) is 0 Å². The lowest BCUT2D eigenvalue weighted by Crippen LogP contribution is -2.63. The van der Waals surface area contributed by atoms with Gasteiger partial charge >= 0.3 is 20.8 Å². The fourth-order valence-electron chi connectivity index (χ4n) is 2.79. The third kappa shape index (κ3) is 7.33. The third-order valence-electron chi connectivity index (χ3n) is 4.21. The maximum absolute atomic E-state index is 12.3. The fourth-order valence-corrected chi connectivity index (χ4v) is 3.62. The summed E-state index contributed by atoms with van der Waals surface area (Å²) in [4.78, 5) is 12.3. The molecule has 2 rings (SSSR count). The SMILES string of the molecule is O=C(NC1COC(COS(=O)(=O)O)[C@H](O)[C@@H]1OS(=O)(=O)O)C1C[C@H](O)C(O)CO1. The highest BCUT2D eigenvalue weighted by Crippen LogP contribution is 2.22. The van der Waals surface area contributed by atoms with Crippen molar-refractivity contribution in [3.05, 3.63) is 0 Å². The second-order valence-corrected chi connectivity index (χ2v) is 8.51. The average molecular weight is 467 g/mol. The van der Waals surface area contributed by atoms with Gasteiger partial charge < -0.3 is 30.1 Å². The monoisotopic (exact) mass is 467 g/mol. The summed E-state index contributed by atoms with van der Waals surface area (Å²) in [6, 6.07) is -1.35. The summed E-state index contributed by atoms with van der Waals surface area (Å²) in [6.45, 7) is -1.76. The van der Waals surface area contributed by atoms with E-state index in [1.54, 1.807) is 0 Å². The summed E-state index contributed by atoms with van der Waals surface area (Å²) in [7, 11) is -10.00. The van der Waals surface area contributed by atoms with E-state index in [9.17, 15) is 36.9 Å². The van der Waals surface area contributed by atoms with Crippen molar-refractivity contribution in [2.24, 2.45) is 0 Å². The van der Waals surface area contributed by atoms with Crippen molar-refractivity contribution in [3.63, 3.8) is 0 Å². The molecule has 2 aliphatic rings. The van der Waals surface area contributed by atoms with Crippen LogP contribution >= 0.6 is 0 Å². The minimum Gasteiger partial charge on any atom is -0.390 e. The molecule has 15 nitrogen and oxygen atoms in total. The van der Waals surface area contributed by atoms with Crippen LogP contribution in [0.5, 0.6) is 0 Å². The number of aliphatic hydroxyl groups excluding tert-OH is 3. The van der Waals surface area contributed by atoms with Gasteiger partial charge in [0.05, 0.1) is 32.0 Å². The van der Waals surface area contributed by atoms with Gasteiger partial charge in [-0.2, -0.15) is 16.8 Å². The maximum Gasteiger partial charge on any atom is 0.397 e. The Labute approximate surface area is 165 Å². The van der Waals surface area contributed by atoms with Crippen molar-refractivity contribution in [1.82, 2.24) is 5.32 Å². The highest BCUT2D eigenvalue weighted by molar-refractivity contribution is 7.81. The molecule has 0 bridgehead atoms. The number of ether oxygens (including phenoxy) is 2. The topological polar surface area (TPSA) is 235 Å². The van der Waals surface area contributed by atoms with E-state index in [2.05, 4.69) is 13.7 Å². The van der Waals surface area contributed by atoms with Crippen LogP contribution in [0.15, 0.2) is 0 Å². The van der Waals surface area contributed by atoms with Gasteiger partial charge in [0.25, 0.3) is 0 Å². The molecule has 0 spiro atoms. The van der Waals surface area contributed by atoms with Crippen molar-refractivity contribution in [1.29, 1.82) is 0 Å². The lowest BCUT2D eigenvalue weighted by atomic mass is 9.97. The van der Waals surface area contributed by atoms with Crippen LogP contribution in [0.1, 0.15) is 6.42 Å². The number of aliphatic hydroxyl groups is 3. The Bertz CT molecular complexity index is 784. The Hall–Kier alpha value is -0.990. The van der Waals surface area contributed by atoms with Crippen molar-refractivity contribution in [3.8, 4) is 0 Å². The van der Waals surface area contributed by atoms with Crippen LogP contribution in [0.25, 0.3) is 0 Å². The second kappa shape index (κ2) is 9.43. The minimum absolute atomic E-state index is 0.266.